The zero-order valence-electron chi connectivity index (χ0n) is 11.0. The van der Waals surface area contributed by atoms with Crippen LogP contribution in [0.25, 0.3) is 0 Å². The van der Waals surface area contributed by atoms with Crippen molar-refractivity contribution >= 4 is 11.7 Å². The molecule has 1 aromatic carbocycles. The lowest BCUT2D eigenvalue weighted by molar-refractivity contribution is 0.0601. The van der Waals surface area contributed by atoms with Crippen molar-refractivity contribution in [2.45, 2.75) is 13.0 Å². The van der Waals surface area contributed by atoms with Crippen molar-refractivity contribution in [1.82, 2.24) is 4.98 Å². The van der Waals surface area contributed by atoms with E-state index in [0.717, 1.165) is 11.4 Å². The van der Waals surface area contributed by atoms with Gasteiger partial charge < -0.3 is 10.1 Å². The molecule has 0 fully saturated rings. The molecule has 2 aromatic rings. The molecule has 4 heteroatoms. The number of pyridine rings is 1. The highest BCUT2D eigenvalue weighted by molar-refractivity contribution is 5.90. The Morgan fingerprint density at radius 2 is 2.11 bits per heavy atom. The quantitative estimate of drug-likeness (QED) is 0.854. The Hall–Kier alpha value is -2.36. The molecule has 0 radical (unpaired) electrons. The van der Waals surface area contributed by atoms with Gasteiger partial charge in [0.05, 0.1) is 24.4 Å². The second kappa shape index (κ2) is 6.00. The Labute approximate surface area is 112 Å². The maximum atomic E-state index is 11.5. The summed E-state index contributed by atoms with van der Waals surface area (Å²) in [5.41, 5.74) is 2.34. The number of nitrogens with zero attached hydrogens (tertiary/aromatic N) is 1. The molecule has 0 amide bonds. The molecule has 2 rings (SSSR count). The number of anilines is 1. The van der Waals surface area contributed by atoms with Crippen LogP contribution >= 0.6 is 0 Å². The smallest absolute Gasteiger partial charge is 0.337 e. The van der Waals surface area contributed by atoms with Crippen LogP contribution in [0.15, 0.2) is 48.7 Å². The van der Waals surface area contributed by atoms with Crippen LogP contribution in [0.1, 0.15) is 29.0 Å². The van der Waals surface area contributed by atoms with E-state index >= 15 is 0 Å². The first-order valence-electron chi connectivity index (χ1n) is 6.06. The van der Waals surface area contributed by atoms with Crippen molar-refractivity contribution in [3.63, 3.8) is 0 Å². The third kappa shape index (κ3) is 3.31. The van der Waals surface area contributed by atoms with Crippen LogP contribution in [0.2, 0.25) is 0 Å². The van der Waals surface area contributed by atoms with Gasteiger partial charge in [0.2, 0.25) is 0 Å². The van der Waals surface area contributed by atoms with Crippen LogP contribution in [0.5, 0.6) is 0 Å². The molecule has 1 heterocycles. The summed E-state index contributed by atoms with van der Waals surface area (Å²) < 4.78 is 4.70. The molecule has 98 valence electrons. The molecule has 1 aromatic heterocycles. The number of esters is 1. The van der Waals surface area contributed by atoms with Crippen LogP contribution in [-0.4, -0.2) is 18.1 Å². The van der Waals surface area contributed by atoms with Crippen LogP contribution in [0.4, 0.5) is 5.69 Å². The summed E-state index contributed by atoms with van der Waals surface area (Å²) in [6, 6.07) is 13.1. The first-order valence-corrected chi connectivity index (χ1v) is 6.06. The lowest BCUT2D eigenvalue weighted by Crippen LogP contribution is -2.09. The number of carbonyl (C=O) groups excluding carboxylic acids is 1. The van der Waals surface area contributed by atoms with E-state index in [1.807, 2.05) is 37.3 Å². The fraction of sp³-hybridized carbons (Fsp3) is 0.200. The minimum absolute atomic E-state index is 0.0640. The van der Waals surface area contributed by atoms with Crippen molar-refractivity contribution in [2.24, 2.45) is 0 Å². The number of hydrogen-bond acceptors (Lipinski definition) is 4. The highest BCUT2D eigenvalue weighted by Crippen LogP contribution is 2.18. The fourth-order valence-electron chi connectivity index (χ4n) is 1.81. The first-order chi connectivity index (χ1) is 9.20. The zero-order chi connectivity index (χ0) is 13.7. The number of carbonyl (C=O) groups is 1. The van der Waals surface area contributed by atoms with Gasteiger partial charge in [-0.05, 0) is 37.3 Å². The average Bonchev–Trinajstić information content (AvgIpc) is 2.47. The average molecular weight is 256 g/mol. The van der Waals surface area contributed by atoms with Crippen LogP contribution in [0.3, 0.4) is 0 Å². The third-order valence-corrected chi connectivity index (χ3v) is 2.80. The van der Waals surface area contributed by atoms with E-state index in [0.29, 0.717) is 5.56 Å². The largest absolute Gasteiger partial charge is 0.465 e. The van der Waals surface area contributed by atoms with Crippen molar-refractivity contribution in [1.29, 1.82) is 0 Å². The second-order valence-electron chi connectivity index (χ2n) is 4.19. The molecule has 0 saturated heterocycles. The van der Waals surface area contributed by atoms with Gasteiger partial charge in [0.15, 0.2) is 0 Å². The Morgan fingerprint density at radius 3 is 2.79 bits per heavy atom. The molecule has 0 bridgehead atoms. The van der Waals surface area contributed by atoms with E-state index < -0.39 is 0 Å². The molecule has 0 saturated carbocycles. The number of rotatable bonds is 4. The summed E-state index contributed by atoms with van der Waals surface area (Å²) in [6.45, 7) is 2.02. The molecule has 1 N–H and O–H groups in total. The predicted octanol–water partition coefficient (Wildman–Crippen LogP) is 3.04. The SMILES string of the molecule is COC(=O)c1cccc(NC(C)c2ccccn2)c1. The normalized spacial score (nSPS) is 11.7. The van der Waals surface area contributed by atoms with Gasteiger partial charge in [-0.25, -0.2) is 4.79 Å². The van der Waals surface area contributed by atoms with E-state index in [4.69, 9.17) is 4.74 Å². The lowest BCUT2D eigenvalue weighted by atomic mass is 10.1. The number of ether oxygens (including phenoxy) is 1. The first kappa shape index (κ1) is 13.1. The molecule has 0 spiro atoms. The Morgan fingerprint density at radius 1 is 1.26 bits per heavy atom. The van der Waals surface area contributed by atoms with Gasteiger partial charge in [-0.15, -0.1) is 0 Å². The summed E-state index contributed by atoms with van der Waals surface area (Å²) in [5.74, 6) is -0.339. The van der Waals surface area contributed by atoms with Gasteiger partial charge in [-0.3, -0.25) is 4.98 Å². The van der Waals surface area contributed by atoms with E-state index in [1.165, 1.54) is 7.11 Å². The summed E-state index contributed by atoms with van der Waals surface area (Å²) >= 11 is 0. The summed E-state index contributed by atoms with van der Waals surface area (Å²) in [4.78, 5) is 15.8. The van der Waals surface area contributed by atoms with Gasteiger partial charge in [0.1, 0.15) is 0 Å². The molecule has 19 heavy (non-hydrogen) atoms. The Bertz CT molecular complexity index is 555. The molecule has 0 aliphatic carbocycles. The Kier molecular flexibility index (Phi) is 4.13. The zero-order valence-corrected chi connectivity index (χ0v) is 11.0. The van der Waals surface area contributed by atoms with Crippen LogP contribution in [0, 0.1) is 0 Å². The maximum Gasteiger partial charge on any atom is 0.337 e. The second-order valence-corrected chi connectivity index (χ2v) is 4.19. The number of hydrogen-bond donors (Lipinski definition) is 1. The Balaban J connectivity index is 2.13. The predicted molar refractivity (Wildman–Crippen MR) is 74.1 cm³/mol. The van der Waals surface area contributed by atoms with Gasteiger partial charge in [0, 0.05) is 11.9 Å². The molecule has 1 unspecified atom stereocenters. The van der Waals surface area contributed by atoms with E-state index in [1.54, 1.807) is 18.3 Å². The van der Waals surface area contributed by atoms with Crippen molar-refractivity contribution in [3.05, 3.63) is 59.9 Å². The van der Waals surface area contributed by atoms with E-state index in [9.17, 15) is 4.79 Å². The van der Waals surface area contributed by atoms with E-state index in [2.05, 4.69) is 10.3 Å². The van der Waals surface area contributed by atoms with Gasteiger partial charge >= 0.3 is 5.97 Å². The molecule has 0 aliphatic heterocycles. The minimum atomic E-state index is -0.339. The highest BCUT2D eigenvalue weighted by Gasteiger charge is 2.09. The third-order valence-electron chi connectivity index (χ3n) is 2.80. The van der Waals surface area contributed by atoms with Gasteiger partial charge in [-0.2, -0.15) is 0 Å². The van der Waals surface area contributed by atoms with Crippen LogP contribution < -0.4 is 5.32 Å². The summed E-state index contributed by atoms with van der Waals surface area (Å²) in [5, 5.41) is 3.31. The monoisotopic (exact) mass is 256 g/mol. The number of aromatic nitrogens is 1. The molecule has 1 atom stereocenters. The fourth-order valence-corrected chi connectivity index (χ4v) is 1.81. The van der Waals surface area contributed by atoms with Gasteiger partial charge in [-0.1, -0.05) is 12.1 Å². The molecule has 0 aliphatic rings. The van der Waals surface area contributed by atoms with Gasteiger partial charge in [0.25, 0.3) is 0 Å². The summed E-state index contributed by atoms with van der Waals surface area (Å²) in [6.07, 6.45) is 1.76. The number of benzene rings is 1. The summed E-state index contributed by atoms with van der Waals surface area (Å²) in [7, 11) is 1.37. The van der Waals surface area contributed by atoms with Crippen LogP contribution in [-0.2, 0) is 4.74 Å². The topological polar surface area (TPSA) is 51.2 Å². The van der Waals surface area contributed by atoms with Crippen molar-refractivity contribution in [3.8, 4) is 0 Å². The van der Waals surface area contributed by atoms with E-state index in [-0.39, 0.29) is 12.0 Å². The number of methoxy groups -OCH3 is 1. The standard InChI is InChI=1S/C15H16N2O2/c1-11(14-8-3-4-9-16-14)17-13-7-5-6-12(10-13)15(18)19-2/h3-11,17H,1-2H3. The van der Waals surface area contributed by atoms with Crippen molar-refractivity contribution < 1.29 is 9.53 Å². The minimum Gasteiger partial charge on any atom is -0.465 e. The molecular weight excluding hydrogens is 240 g/mol. The maximum absolute atomic E-state index is 11.5. The highest BCUT2D eigenvalue weighted by atomic mass is 16.5. The van der Waals surface area contributed by atoms with Crippen molar-refractivity contribution in [2.75, 3.05) is 12.4 Å². The molecular formula is C15H16N2O2. The lowest BCUT2D eigenvalue weighted by Gasteiger charge is -2.15. The number of nitrogens with one attached hydrogen (secondary N) is 1. The molecule has 4 nitrogen and oxygen atoms in total.